The molecule has 0 saturated carbocycles. The number of urea groups is 1. The van der Waals surface area contributed by atoms with Crippen LogP contribution in [0.1, 0.15) is 11.1 Å². The SMILES string of the molecule is COC(=O)/C=C/c1ccccc1N1CCN(Cc2cccc(OC(F)(F)F)c2)C1=O. The molecule has 0 bridgehead atoms. The van der Waals surface area contributed by atoms with Gasteiger partial charge in [0.1, 0.15) is 5.75 Å². The largest absolute Gasteiger partial charge is 0.573 e. The number of amides is 2. The molecule has 0 aliphatic carbocycles. The zero-order chi connectivity index (χ0) is 21.7. The van der Waals surface area contributed by atoms with Crippen molar-refractivity contribution in [3.8, 4) is 5.75 Å². The Morgan fingerprint density at radius 2 is 1.90 bits per heavy atom. The number of carbonyl (C=O) groups excluding carboxylic acids is 2. The summed E-state index contributed by atoms with van der Waals surface area (Å²) in [6, 6.07) is 12.3. The molecule has 0 spiro atoms. The number of hydrogen-bond donors (Lipinski definition) is 0. The third kappa shape index (κ3) is 5.31. The molecule has 1 saturated heterocycles. The van der Waals surface area contributed by atoms with Crippen LogP contribution in [0.25, 0.3) is 6.08 Å². The van der Waals surface area contributed by atoms with Crippen molar-refractivity contribution < 1.29 is 32.2 Å². The maximum absolute atomic E-state index is 12.9. The van der Waals surface area contributed by atoms with Gasteiger partial charge in [-0.25, -0.2) is 9.59 Å². The number of halogens is 3. The molecular weight excluding hydrogens is 401 g/mol. The molecule has 0 aromatic heterocycles. The molecule has 2 aromatic rings. The number of rotatable bonds is 6. The van der Waals surface area contributed by atoms with Crippen molar-refractivity contribution in [3.63, 3.8) is 0 Å². The molecule has 158 valence electrons. The van der Waals surface area contributed by atoms with Crippen molar-refractivity contribution in [1.29, 1.82) is 0 Å². The number of carbonyl (C=O) groups is 2. The van der Waals surface area contributed by atoms with Gasteiger partial charge in [0.15, 0.2) is 0 Å². The topological polar surface area (TPSA) is 59.1 Å². The van der Waals surface area contributed by atoms with E-state index < -0.39 is 12.3 Å². The minimum absolute atomic E-state index is 0.143. The summed E-state index contributed by atoms with van der Waals surface area (Å²) in [6.07, 6.45) is -1.95. The van der Waals surface area contributed by atoms with Crippen LogP contribution in [0.5, 0.6) is 5.75 Å². The summed E-state index contributed by atoms with van der Waals surface area (Å²) in [7, 11) is 1.27. The highest BCUT2D eigenvalue weighted by Crippen LogP contribution is 2.28. The fourth-order valence-corrected chi connectivity index (χ4v) is 3.11. The molecule has 2 aromatic carbocycles. The summed E-state index contributed by atoms with van der Waals surface area (Å²) in [5, 5.41) is 0. The van der Waals surface area contributed by atoms with Gasteiger partial charge in [-0.1, -0.05) is 30.3 Å². The first-order chi connectivity index (χ1) is 14.3. The van der Waals surface area contributed by atoms with Gasteiger partial charge in [-0.15, -0.1) is 13.2 Å². The summed E-state index contributed by atoms with van der Waals surface area (Å²) >= 11 is 0. The first kappa shape index (κ1) is 21.2. The molecule has 1 heterocycles. The zero-order valence-corrected chi connectivity index (χ0v) is 16.1. The predicted molar refractivity (Wildman–Crippen MR) is 104 cm³/mol. The van der Waals surface area contributed by atoms with E-state index in [2.05, 4.69) is 9.47 Å². The highest BCUT2D eigenvalue weighted by Gasteiger charge is 2.32. The molecule has 1 fully saturated rings. The minimum Gasteiger partial charge on any atom is -0.466 e. The summed E-state index contributed by atoms with van der Waals surface area (Å²) in [4.78, 5) is 27.4. The molecule has 0 radical (unpaired) electrons. The lowest BCUT2D eigenvalue weighted by Gasteiger charge is -2.20. The number of ether oxygens (including phenoxy) is 2. The van der Waals surface area contributed by atoms with E-state index in [0.29, 0.717) is 29.9 Å². The standard InChI is InChI=1S/C21H19F3N2O4/c1-29-19(27)10-9-16-6-2-3-8-18(16)26-12-11-25(20(26)28)14-15-5-4-7-17(13-15)30-21(22,23)24/h2-10,13H,11-12,14H2,1H3/b10-9+. The summed E-state index contributed by atoms with van der Waals surface area (Å²) in [5.41, 5.74) is 1.81. The Labute approximate surface area is 171 Å². The van der Waals surface area contributed by atoms with E-state index in [1.54, 1.807) is 41.3 Å². The Bertz CT molecular complexity index is 959. The Morgan fingerprint density at radius 1 is 1.13 bits per heavy atom. The average Bonchev–Trinajstić information content (AvgIpc) is 3.05. The molecular formula is C21H19F3N2O4. The number of para-hydroxylation sites is 1. The molecule has 6 nitrogen and oxygen atoms in total. The van der Waals surface area contributed by atoms with Crippen LogP contribution in [-0.4, -0.2) is 43.5 Å². The molecule has 9 heteroatoms. The maximum atomic E-state index is 12.9. The van der Waals surface area contributed by atoms with Gasteiger partial charge in [0.25, 0.3) is 0 Å². The van der Waals surface area contributed by atoms with Gasteiger partial charge < -0.3 is 14.4 Å². The van der Waals surface area contributed by atoms with Crippen molar-refractivity contribution in [3.05, 3.63) is 65.7 Å². The van der Waals surface area contributed by atoms with Crippen LogP contribution in [0.4, 0.5) is 23.7 Å². The second kappa shape index (κ2) is 8.89. The van der Waals surface area contributed by atoms with Crippen LogP contribution < -0.4 is 9.64 Å². The van der Waals surface area contributed by atoms with Crippen molar-refractivity contribution in [2.45, 2.75) is 12.9 Å². The van der Waals surface area contributed by atoms with Crippen LogP contribution in [0.3, 0.4) is 0 Å². The molecule has 0 unspecified atom stereocenters. The lowest BCUT2D eigenvalue weighted by Crippen LogP contribution is -2.31. The van der Waals surface area contributed by atoms with E-state index in [1.165, 1.54) is 36.3 Å². The van der Waals surface area contributed by atoms with Gasteiger partial charge in [0.2, 0.25) is 0 Å². The first-order valence-electron chi connectivity index (χ1n) is 9.03. The van der Waals surface area contributed by atoms with Crippen LogP contribution in [-0.2, 0) is 16.1 Å². The van der Waals surface area contributed by atoms with Crippen LogP contribution in [0, 0.1) is 0 Å². The molecule has 1 aliphatic rings. The van der Waals surface area contributed by atoms with Gasteiger partial charge in [0, 0.05) is 25.7 Å². The highest BCUT2D eigenvalue weighted by molar-refractivity contribution is 5.97. The molecule has 0 atom stereocenters. The highest BCUT2D eigenvalue weighted by atomic mass is 19.4. The Hall–Kier alpha value is -3.49. The third-order valence-electron chi connectivity index (χ3n) is 4.43. The normalized spacial score (nSPS) is 14.5. The Balaban J connectivity index is 1.74. The number of anilines is 1. The second-order valence-corrected chi connectivity index (χ2v) is 6.47. The monoisotopic (exact) mass is 420 g/mol. The average molecular weight is 420 g/mol. The smallest absolute Gasteiger partial charge is 0.466 e. The van der Waals surface area contributed by atoms with E-state index >= 15 is 0 Å². The van der Waals surface area contributed by atoms with Gasteiger partial charge in [0.05, 0.1) is 12.8 Å². The summed E-state index contributed by atoms with van der Waals surface area (Å²) < 4.78 is 45.8. The van der Waals surface area contributed by atoms with Gasteiger partial charge in [-0.05, 0) is 35.4 Å². The number of hydrogen-bond acceptors (Lipinski definition) is 4. The van der Waals surface area contributed by atoms with Gasteiger partial charge in [-0.3, -0.25) is 4.90 Å². The maximum Gasteiger partial charge on any atom is 0.573 e. The number of methoxy groups -OCH3 is 1. The molecule has 2 amide bonds. The fourth-order valence-electron chi connectivity index (χ4n) is 3.11. The predicted octanol–water partition coefficient (Wildman–Crippen LogP) is 4.21. The van der Waals surface area contributed by atoms with Crippen LogP contribution >= 0.6 is 0 Å². The van der Waals surface area contributed by atoms with Gasteiger partial charge in [-0.2, -0.15) is 0 Å². The molecule has 1 aliphatic heterocycles. The molecule has 3 rings (SSSR count). The van der Waals surface area contributed by atoms with E-state index in [-0.39, 0.29) is 18.3 Å². The van der Waals surface area contributed by atoms with Crippen molar-refractivity contribution in [1.82, 2.24) is 4.90 Å². The van der Waals surface area contributed by atoms with Gasteiger partial charge >= 0.3 is 18.4 Å². The lowest BCUT2D eigenvalue weighted by atomic mass is 10.1. The van der Waals surface area contributed by atoms with Crippen LogP contribution in [0.15, 0.2) is 54.6 Å². The lowest BCUT2D eigenvalue weighted by molar-refractivity contribution is -0.274. The van der Waals surface area contributed by atoms with E-state index in [0.717, 1.165) is 0 Å². The minimum atomic E-state index is -4.78. The summed E-state index contributed by atoms with van der Waals surface area (Å²) in [5.74, 6) is -0.845. The number of benzene rings is 2. The Kier molecular flexibility index (Phi) is 6.29. The fraction of sp³-hybridized carbons (Fsp3) is 0.238. The van der Waals surface area contributed by atoms with Crippen molar-refractivity contribution >= 4 is 23.8 Å². The second-order valence-electron chi connectivity index (χ2n) is 6.47. The van der Waals surface area contributed by atoms with E-state index in [9.17, 15) is 22.8 Å². The summed E-state index contributed by atoms with van der Waals surface area (Å²) in [6.45, 7) is 0.948. The van der Waals surface area contributed by atoms with E-state index in [4.69, 9.17) is 0 Å². The number of alkyl halides is 3. The van der Waals surface area contributed by atoms with Crippen molar-refractivity contribution in [2.24, 2.45) is 0 Å². The zero-order valence-electron chi connectivity index (χ0n) is 16.1. The van der Waals surface area contributed by atoms with Crippen LogP contribution in [0.2, 0.25) is 0 Å². The molecule has 30 heavy (non-hydrogen) atoms. The quantitative estimate of drug-likeness (QED) is 0.519. The van der Waals surface area contributed by atoms with Crippen molar-refractivity contribution in [2.75, 3.05) is 25.1 Å². The van der Waals surface area contributed by atoms with E-state index in [1.807, 2.05) is 0 Å². The number of esters is 1. The number of nitrogens with zero attached hydrogens (tertiary/aromatic N) is 2. The third-order valence-corrected chi connectivity index (χ3v) is 4.43. The first-order valence-corrected chi connectivity index (χ1v) is 9.03. The Morgan fingerprint density at radius 3 is 2.63 bits per heavy atom. The molecule has 0 N–H and O–H groups in total.